The lowest BCUT2D eigenvalue weighted by Gasteiger charge is -2.26. The van der Waals surface area contributed by atoms with Gasteiger partial charge in [-0.3, -0.25) is 4.90 Å². The monoisotopic (exact) mass is 247 g/mol. The van der Waals surface area contributed by atoms with Crippen molar-refractivity contribution in [1.29, 1.82) is 0 Å². The number of ether oxygens (including phenoxy) is 1. The molecule has 2 heterocycles. The topological polar surface area (TPSA) is 25.6 Å². The fourth-order valence-electron chi connectivity index (χ4n) is 3.43. The highest BCUT2D eigenvalue weighted by Crippen LogP contribution is 2.40. The van der Waals surface area contributed by atoms with E-state index in [9.17, 15) is 0 Å². The lowest BCUT2D eigenvalue weighted by Crippen LogP contribution is -2.34. The van der Waals surface area contributed by atoms with Crippen molar-refractivity contribution in [3.8, 4) is 0 Å². The number of hydrogen-bond donors (Lipinski definition) is 0. The van der Waals surface area contributed by atoms with Gasteiger partial charge in [0.1, 0.15) is 11.5 Å². The molecule has 18 heavy (non-hydrogen) atoms. The van der Waals surface area contributed by atoms with Gasteiger partial charge in [-0.05, 0) is 37.8 Å². The summed E-state index contributed by atoms with van der Waals surface area (Å²) in [6.45, 7) is 8.46. The van der Waals surface area contributed by atoms with E-state index in [4.69, 9.17) is 9.15 Å². The fourth-order valence-corrected chi connectivity index (χ4v) is 3.43. The quantitative estimate of drug-likeness (QED) is 0.748. The number of rotatable bonds is 5. The zero-order valence-corrected chi connectivity index (χ0v) is 11.0. The van der Waals surface area contributed by atoms with Crippen LogP contribution < -0.4 is 0 Å². The summed E-state index contributed by atoms with van der Waals surface area (Å²) in [4.78, 5) is 2.51. The van der Waals surface area contributed by atoms with Crippen LogP contribution in [0.2, 0.25) is 0 Å². The lowest BCUT2D eigenvalue weighted by molar-refractivity contribution is 0.0437. The Morgan fingerprint density at radius 2 is 2.39 bits per heavy atom. The molecule has 3 rings (SSSR count). The van der Waals surface area contributed by atoms with Gasteiger partial charge in [-0.25, -0.2) is 0 Å². The second kappa shape index (κ2) is 4.90. The van der Waals surface area contributed by atoms with Crippen LogP contribution in [-0.4, -0.2) is 30.2 Å². The Morgan fingerprint density at radius 1 is 1.50 bits per heavy atom. The summed E-state index contributed by atoms with van der Waals surface area (Å²) in [6, 6.07) is 4.69. The third-order valence-electron chi connectivity index (χ3n) is 4.18. The minimum atomic E-state index is 0.402. The molecule has 1 aliphatic heterocycles. The molecular formula is C15H21NO2. The van der Waals surface area contributed by atoms with Gasteiger partial charge in [-0.1, -0.05) is 6.08 Å². The Hall–Kier alpha value is -1.06. The Bertz CT molecular complexity index is 426. The Kier molecular flexibility index (Phi) is 3.27. The summed E-state index contributed by atoms with van der Waals surface area (Å²) < 4.78 is 11.6. The van der Waals surface area contributed by atoms with Gasteiger partial charge in [0.15, 0.2) is 0 Å². The first-order valence-corrected chi connectivity index (χ1v) is 6.80. The molecule has 0 unspecified atom stereocenters. The first-order valence-electron chi connectivity index (χ1n) is 6.80. The van der Waals surface area contributed by atoms with Gasteiger partial charge in [0.25, 0.3) is 0 Å². The fraction of sp³-hybridized carbons (Fsp3) is 0.600. The molecule has 98 valence electrons. The number of fused-ring (bicyclic) bond motifs is 2. The highest BCUT2D eigenvalue weighted by atomic mass is 16.5. The number of nitrogens with zero attached hydrogens (tertiary/aromatic N) is 1. The van der Waals surface area contributed by atoms with Crippen LogP contribution in [-0.2, 0) is 11.3 Å². The minimum Gasteiger partial charge on any atom is -0.465 e. The molecule has 0 N–H and O–H groups in total. The van der Waals surface area contributed by atoms with Crippen LogP contribution in [0.25, 0.3) is 0 Å². The van der Waals surface area contributed by atoms with Crippen LogP contribution in [0.5, 0.6) is 0 Å². The molecule has 0 spiro atoms. The average Bonchev–Trinajstić information content (AvgIpc) is 3.02. The SMILES string of the molecule is C=CCO[C@H]1[C@H]2CC[C@H]1N(Cc1ccc(C)o1)C2. The van der Waals surface area contributed by atoms with Gasteiger partial charge < -0.3 is 9.15 Å². The molecule has 1 aliphatic carbocycles. The van der Waals surface area contributed by atoms with Crippen molar-refractivity contribution in [2.45, 2.75) is 38.5 Å². The van der Waals surface area contributed by atoms with Crippen molar-refractivity contribution in [1.82, 2.24) is 4.90 Å². The molecule has 1 aromatic heterocycles. The van der Waals surface area contributed by atoms with Crippen molar-refractivity contribution >= 4 is 0 Å². The molecule has 3 heteroatoms. The van der Waals surface area contributed by atoms with Crippen LogP contribution in [0.1, 0.15) is 24.4 Å². The maximum Gasteiger partial charge on any atom is 0.118 e. The van der Waals surface area contributed by atoms with E-state index in [0.29, 0.717) is 24.7 Å². The molecule has 0 radical (unpaired) electrons. The van der Waals surface area contributed by atoms with Crippen LogP contribution in [0.4, 0.5) is 0 Å². The van der Waals surface area contributed by atoms with Gasteiger partial charge in [0.05, 0.1) is 19.3 Å². The molecule has 3 atom stereocenters. The van der Waals surface area contributed by atoms with Crippen molar-refractivity contribution in [3.63, 3.8) is 0 Å². The Balaban J connectivity index is 1.64. The van der Waals surface area contributed by atoms with E-state index in [0.717, 1.165) is 24.6 Å². The molecule has 1 aromatic rings. The highest BCUT2D eigenvalue weighted by molar-refractivity contribution is 5.08. The van der Waals surface area contributed by atoms with E-state index in [1.165, 1.54) is 12.8 Å². The maximum atomic E-state index is 5.92. The zero-order valence-electron chi connectivity index (χ0n) is 11.0. The maximum absolute atomic E-state index is 5.92. The molecule has 1 saturated carbocycles. The predicted molar refractivity (Wildman–Crippen MR) is 70.3 cm³/mol. The summed E-state index contributed by atoms with van der Waals surface area (Å²) in [5, 5.41) is 0. The summed E-state index contributed by atoms with van der Waals surface area (Å²) >= 11 is 0. The van der Waals surface area contributed by atoms with Crippen LogP contribution >= 0.6 is 0 Å². The number of hydrogen-bond acceptors (Lipinski definition) is 3. The standard InChI is InChI=1S/C15H21NO2/c1-3-8-17-15-12-5-7-14(15)16(9-12)10-13-6-4-11(2)18-13/h3-4,6,12,14-15H,1,5,7-10H2,2H3/t12-,14+,15-/m0/s1. The first-order chi connectivity index (χ1) is 8.78. The first kappa shape index (κ1) is 12.0. The van der Waals surface area contributed by atoms with E-state index in [1.807, 2.05) is 19.1 Å². The van der Waals surface area contributed by atoms with Crippen molar-refractivity contribution < 1.29 is 9.15 Å². The minimum absolute atomic E-state index is 0.402. The van der Waals surface area contributed by atoms with E-state index >= 15 is 0 Å². The van der Waals surface area contributed by atoms with Crippen LogP contribution in [0, 0.1) is 12.8 Å². The molecular weight excluding hydrogens is 226 g/mol. The van der Waals surface area contributed by atoms with E-state index in [-0.39, 0.29) is 0 Å². The third kappa shape index (κ3) is 2.13. The summed E-state index contributed by atoms with van der Waals surface area (Å²) in [7, 11) is 0. The number of furan rings is 1. The Morgan fingerprint density at radius 3 is 3.11 bits per heavy atom. The largest absolute Gasteiger partial charge is 0.465 e. The van der Waals surface area contributed by atoms with E-state index in [1.54, 1.807) is 0 Å². The van der Waals surface area contributed by atoms with Gasteiger partial charge in [0.2, 0.25) is 0 Å². The second-order valence-electron chi connectivity index (χ2n) is 5.43. The van der Waals surface area contributed by atoms with Gasteiger partial charge in [0, 0.05) is 12.6 Å². The van der Waals surface area contributed by atoms with Crippen molar-refractivity contribution in [2.75, 3.05) is 13.2 Å². The molecule has 2 aliphatic rings. The molecule has 1 saturated heterocycles. The number of piperidine rings is 1. The van der Waals surface area contributed by atoms with Gasteiger partial charge >= 0.3 is 0 Å². The smallest absolute Gasteiger partial charge is 0.118 e. The highest BCUT2D eigenvalue weighted by Gasteiger charge is 2.47. The summed E-state index contributed by atoms with van der Waals surface area (Å²) in [5.41, 5.74) is 0. The predicted octanol–water partition coefficient (Wildman–Crippen LogP) is 2.75. The lowest BCUT2D eigenvalue weighted by atomic mass is 10.1. The average molecular weight is 247 g/mol. The van der Waals surface area contributed by atoms with E-state index < -0.39 is 0 Å². The normalized spacial score (nSPS) is 31.1. The summed E-state index contributed by atoms with van der Waals surface area (Å²) in [6.07, 6.45) is 4.81. The van der Waals surface area contributed by atoms with Crippen molar-refractivity contribution in [3.05, 3.63) is 36.3 Å². The molecule has 2 bridgehead atoms. The Labute approximate surface area is 108 Å². The molecule has 0 amide bonds. The van der Waals surface area contributed by atoms with Gasteiger partial charge in [-0.2, -0.15) is 0 Å². The zero-order chi connectivity index (χ0) is 12.5. The molecule has 3 nitrogen and oxygen atoms in total. The number of likely N-dealkylation sites (tertiary alicyclic amines) is 1. The number of aryl methyl sites for hydroxylation is 1. The second-order valence-corrected chi connectivity index (χ2v) is 5.43. The molecule has 0 aromatic carbocycles. The summed E-state index contributed by atoms with van der Waals surface area (Å²) in [5.74, 6) is 2.77. The van der Waals surface area contributed by atoms with Gasteiger partial charge in [-0.15, -0.1) is 6.58 Å². The third-order valence-corrected chi connectivity index (χ3v) is 4.18. The van der Waals surface area contributed by atoms with Crippen LogP contribution in [0.3, 0.4) is 0 Å². The van der Waals surface area contributed by atoms with E-state index in [2.05, 4.69) is 17.5 Å². The van der Waals surface area contributed by atoms with Crippen LogP contribution in [0.15, 0.2) is 29.2 Å². The molecule has 2 fully saturated rings. The van der Waals surface area contributed by atoms with Crippen molar-refractivity contribution in [2.24, 2.45) is 5.92 Å².